The van der Waals surface area contributed by atoms with E-state index >= 15 is 0 Å². The van der Waals surface area contributed by atoms with Gasteiger partial charge in [0, 0.05) is 12.3 Å². The van der Waals surface area contributed by atoms with Gasteiger partial charge in [-0.1, -0.05) is 23.2 Å². The van der Waals surface area contributed by atoms with Crippen molar-refractivity contribution in [2.24, 2.45) is 0 Å². The Hall–Kier alpha value is 1.64. The Bertz CT molecular complexity index is 79.1. The molecule has 0 heterocycles. The van der Waals surface area contributed by atoms with E-state index in [4.69, 9.17) is 46.4 Å². The minimum Gasteiger partial charge on any atom is -0.125 e. The van der Waals surface area contributed by atoms with Crippen LogP contribution in [0.15, 0.2) is 0 Å². The summed E-state index contributed by atoms with van der Waals surface area (Å²) in [5.41, 5.74) is 0. The smallest absolute Gasteiger partial charge is 0.125 e. The molecule has 1 atom stereocenters. The number of halogens is 5. The fourth-order valence-corrected chi connectivity index (χ4v) is 1.75. The molecular formula is C4H5BrCl4. The highest BCUT2D eigenvalue weighted by atomic mass is 79.9. The molecule has 0 aliphatic rings. The molecule has 9 heavy (non-hydrogen) atoms. The van der Waals surface area contributed by atoms with E-state index in [0.29, 0.717) is 12.3 Å². The summed E-state index contributed by atoms with van der Waals surface area (Å²) in [4.78, 5) is 0. The Kier molecular flexibility index (Phi) is 5.32. The summed E-state index contributed by atoms with van der Waals surface area (Å²) in [6, 6.07) is 0. The molecule has 0 amide bonds. The molecule has 0 aromatic carbocycles. The van der Waals surface area contributed by atoms with Gasteiger partial charge in [0.15, 0.2) is 3.24 Å². The van der Waals surface area contributed by atoms with E-state index in [1.807, 2.05) is 0 Å². The number of hydrogen-bond acceptors (Lipinski definition) is 0. The zero-order valence-electron chi connectivity index (χ0n) is 4.38. The van der Waals surface area contributed by atoms with E-state index in [-0.39, 0.29) is 5.38 Å². The Balaban J connectivity index is 3.47. The molecule has 0 fully saturated rings. The second-order valence-corrected chi connectivity index (χ2v) is 6.25. The highest BCUT2D eigenvalue weighted by molar-refractivity contribution is 9.11. The largest absolute Gasteiger partial charge is 0.173 e. The highest BCUT2D eigenvalue weighted by Gasteiger charge is 2.22. The van der Waals surface area contributed by atoms with Crippen LogP contribution < -0.4 is 0 Å². The van der Waals surface area contributed by atoms with Gasteiger partial charge in [-0.15, -0.1) is 23.2 Å². The van der Waals surface area contributed by atoms with Crippen molar-refractivity contribution < 1.29 is 0 Å². The van der Waals surface area contributed by atoms with E-state index in [9.17, 15) is 0 Å². The molecule has 56 valence electrons. The molecule has 0 radical (unpaired) electrons. The maximum Gasteiger partial charge on any atom is 0.173 e. The first-order chi connectivity index (χ1) is 3.95. The average Bonchev–Trinajstić information content (AvgIpc) is 1.62. The topological polar surface area (TPSA) is 0 Å². The maximum absolute atomic E-state index is 5.62. The fourth-order valence-electron chi connectivity index (χ4n) is 0.306. The SMILES string of the molecule is ClCC(Cl)CC(Cl)(Cl)Br. The standard InChI is InChI=1S/C4H5BrCl4/c5-4(8,9)1-3(7)2-6/h3H,1-2H2. The molecular weight excluding hydrogens is 270 g/mol. The normalized spacial score (nSPS) is 15.7. The lowest BCUT2D eigenvalue weighted by Crippen LogP contribution is -2.11. The van der Waals surface area contributed by atoms with Crippen LogP contribution in [0.4, 0.5) is 0 Å². The molecule has 1 unspecified atom stereocenters. The van der Waals surface area contributed by atoms with Crippen LogP contribution in [0.25, 0.3) is 0 Å². The van der Waals surface area contributed by atoms with Crippen LogP contribution in [0.2, 0.25) is 0 Å². The van der Waals surface area contributed by atoms with Crippen LogP contribution in [0, 0.1) is 0 Å². The van der Waals surface area contributed by atoms with Crippen LogP contribution in [0.1, 0.15) is 6.42 Å². The lowest BCUT2D eigenvalue weighted by Gasteiger charge is -2.12. The maximum atomic E-state index is 5.62. The first kappa shape index (κ1) is 10.6. The molecule has 0 spiro atoms. The van der Waals surface area contributed by atoms with Crippen molar-refractivity contribution >= 4 is 62.3 Å². The van der Waals surface area contributed by atoms with Gasteiger partial charge >= 0.3 is 0 Å². The molecule has 0 saturated heterocycles. The van der Waals surface area contributed by atoms with Crippen LogP contribution in [0.3, 0.4) is 0 Å². The highest BCUT2D eigenvalue weighted by Crippen LogP contribution is 2.35. The lowest BCUT2D eigenvalue weighted by molar-refractivity contribution is 0.852. The second-order valence-electron chi connectivity index (χ2n) is 1.57. The molecule has 0 aliphatic heterocycles. The Morgan fingerprint density at radius 1 is 1.44 bits per heavy atom. The first-order valence-corrected chi connectivity index (χ1v) is 4.74. The van der Waals surface area contributed by atoms with E-state index < -0.39 is 3.24 Å². The van der Waals surface area contributed by atoms with Gasteiger partial charge < -0.3 is 0 Å². The quantitative estimate of drug-likeness (QED) is 0.688. The second kappa shape index (κ2) is 4.50. The monoisotopic (exact) mass is 272 g/mol. The van der Waals surface area contributed by atoms with Gasteiger partial charge in [0.25, 0.3) is 0 Å². The molecule has 0 aliphatic carbocycles. The van der Waals surface area contributed by atoms with Gasteiger partial charge in [-0.2, -0.15) is 0 Å². The van der Waals surface area contributed by atoms with Gasteiger partial charge in [-0.25, -0.2) is 0 Å². The zero-order valence-corrected chi connectivity index (χ0v) is 8.99. The molecule has 0 nitrogen and oxygen atoms in total. The molecule has 0 rings (SSSR count). The third-order valence-electron chi connectivity index (χ3n) is 0.620. The molecule has 0 bridgehead atoms. The molecule has 0 aromatic rings. The van der Waals surface area contributed by atoms with E-state index in [1.54, 1.807) is 0 Å². The van der Waals surface area contributed by atoms with E-state index in [2.05, 4.69) is 15.9 Å². The van der Waals surface area contributed by atoms with Crippen molar-refractivity contribution in [1.29, 1.82) is 0 Å². The summed E-state index contributed by atoms with van der Waals surface area (Å²) < 4.78 is -0.936. The van der Waals surface area contributed by atoms with Crippen molar-refractivity contribution in [3.63, 3.8) is 0 Å². The summed E-state index contributed by atoms with van der Waals surface area (Å²) in [6.07, 6.45) is 0.432. The van der Waals surface area contributed by atoms with Gasteiger partial charge in [0.1, 0.15) is 0 Å². The van der Waals surface area contributed by atoms with Crippen molar-refractivity contribution in [1.82, 2.24) is 0 Å². The third-order valence-corrected chi connectivity index (χ3v) is 2.09. The molecule has 0 saturated carbocycles. The molecule has 0 N–H and O–H groups in total. The van der Waals surface area contributed by atoms with Crippen molar-refractivity contribution in [2.75, 3.05) is 5.88 Å². The Labute approximate surface area is 82.9 Å². The van der Waals surface area contributed by atoms with Gasteiger partial charge in [0.2, 0.25) is 0 Å². The van der Waals surface area contributed by atoms with Crippen LogP contribution in [0.5, 0.6) is 0 Å². The minimum atomic E-state index is -0.936. The third kappa shape index (κ3) is 7.54. The Morgan fingerprint density at radius 2 is 1.89 bits per heavy atom. The lowest BCUT2D eigenvalue weighted by atomic mass is 10.4. The minimum absolute atomic E-state index is 0.180. The summed E-state index contributed by atoms with van der Waals surface area (Å²) in [5.74, 6) is 0.356. The fraction of sp³-hybridized carbons (Fsp3) is 1.00. The number of alkyl halides is 5. The predicted molar refractivity (Wildman–Crippen MR) is 48.3 cm³/mol. The summed E-state index contributed by atoms with van der Waals surface area (Å²) in [7, 11) is 0. The summed E-state index contributed by atoms with van der Waals surface area (Å²) in [5, 5.41) is -0.180. The van der Waals surface area contributed by atoms with E-state index in [1.165, 1.54) is 0 Å². The van der Waals surface area contributed by atoms with E-state index in [0.717, 1.165) is 0 Å². The van der Waals surface area contributed by atoms with Gasteiger partial charge in [0.05, 0.1) is 5.38 Å². The van der Waals surface area contributed by atoms with Gasteiger partial charge in [-0.05, 0) is 15.9 Å². The zero-order chi connectivity index (χ0) is 7.49. The van der Waals surface area contributed by atoms with Gasteiger partial charge in [-0.3, -0.25) is 0 Å². The summed E-state index contributed by atoms with van der Waals surface area (Å²) >= 11 is 25.1. The van der Waals surface area contributed by atoms with Crippen molar-refractivity contribution in [3.8, 4) is 0 Å². The van der Waals surface area contributed by atoms with Crippen molar-refractivity contribution in [3.05, 3.63) is 0 Å². The van der Waals surface area contributed by atoms with Crippen molar-refractivity contribution in [2.45, 2.75) is 15.0 Å². The van der Waals surface area contributed by atoms with Crippen LogP contribution in [-0.2, 0) is 0 Å². The van der Waals surface area contributed by atoms with Crippen LogP contribution >= 0.6 is 62.3 Å². The Morgan fingerprint density at radius 3 is 2.00 bits per heavy atom. The molecule has 5 heteroatoms. The van der Waals surface area contributed by atoms with Crippen LogP contribution in [-0.4, -0.2) is 14.5 Å². The summed E-state index contributed by atoms with van der Waals surface area (Å²) in [6.45, 7) is 0. The first-order valence-electron chi connectivity index (χ1n) is 2.22. The average molecular weight is 275 g/mol. The number of hydrogen-bond donors (Lipinski definition) is 0. The number of rotatable bonds is 3. The predicted octanol–water partition coefficient (Wildman–Crippen LogP) is 3.75. The molecule has 0 aromatic heterocycles.